The smallest absolute Gasteiger partial charge is 0.262 e. The van der Waals surface area contributed by atoms with Gasteiger partial charge in [-0.2, -0.15) is 0 Å². The van der Waals surface area contributed by atoms with Gasteiger partial charge in [-0.15, -0.1) is 0 Å². The van der Waals surface area contributed by atoms with Crippen LogP contribution in [-0.2, 0) is 12.3 Å². The molecule has 0 aliphatic rings. The van der Waals surface area contributed by atoms with Crippen LogP contribution in [0.4, 0.5) is 0 Å². The van der Waals surface area contributed by atoms with E-state index in [1.165, 1.54) is 11.8 Å². The fraction of sp³-hybridized carbons (Fsp3) is 0.211. The van der Waals surface area contributed by atoms with Crippen molar-refractivity contribution in [2.75, 3.05) is 6.61 Å². The van der Waals surface area contributed by atoms with Crippen molar-refractivity contribution in [2.24, 2.45) is 0 Å². The monoisotopic (exact) mass is 367 g/mol. The molecule has 6 nitrogen and oxygen atoms in total. The first-order valence-electron chi connectivity index (χ1n) is 8.34. The SMILES string of the molecule is O=c1c2ccccc2nc(SCc2nc3ccccc3o2)n1CCCO. The number of thioether (sulfide) groups is 1. The molecule has 26 heavy (non-hydrogen) atoms. The second kappa shape index (κ2) is 7.31. The third-order valence-corrected chi connectivity index (χ3v) is 4.99. The highest BCUT2D eigenvalue weighted by Gasteiger charge is 2.13. The van der Waals surface area contributed by atoms with Gasteiger partial charge in [0.1, 0.15) is 5.52 Å². The normalized spacial score (nSPS) is 11.4. The van der Waals surface area contributed by atoms with Crippen LogP contribution in [0.2, 0.25) is 0 Å². The molecule has 2 heterocycles. The first-order valence-corrected chi connectivity index (χ1v) is 9.32. The molecule has 0 spiro atoms. The minimum atomic E-state index is -0.0934. The summed E-state index contributed by atoms with van der Waals surface area (Å²) in [4.78, 5) is 21.9. The summed E-state index contributed by atoms with van der Waals surface area (Å²) in [6.45, 7) is 0.442. The number of rotatable bonds is 6. The Hall–Kier alpha value is -2.64. The summed E-state index contributed by atoms with van der Waals surface area (Å²) in [6, 6.07) is 14.9. The van der Waals surface area contributed by atoms with Crippen LogP contribution < -0.4 is 5.56 Å². The number of fused-ring (bicyclic) bond motifs is 2. The van der Waals surface area contributed by atoms with Gasteiger partial charge in [-0.05, 0) is 30.7 Å². The minimum absolute atomic E-state index is 0.0223. The number of hydrogen-bond donors (Lipinski definition) is 1. The van der Waals surface area contributed by atoms with Crippen molar-refractivity contribution in [1.29, 1.82) is 0 Å². The standard InChI is InChI=1S/C19H17N3O3S/c23-11-5-10-22-18(24)13-6-1-2-7-14(13)21-19(22)26-12-17-20-15-8-3-4-9-16(15)25-17/h1-4,6-9,23H,5,10-12H2. The second-order valence-corrected chi connectivity index (χ2v) is 6.75. The highest BCUT2D eigenvalue weighted by atomic mass is 32.2. The molecule has 132 valence electrons. The van der Waals surface area contributed by atoms with Gasteiger partial charge < -0.3 is 9.52 Å². The maximum absolute atomic E-state index is 12.8. The molecule has 0 saturated heterocycles. The Morgan fingerprint density at radius 1 is 1.04 bits per heavy atom. The summed E-state index contributed by atoms with van der Waals surface area (Å²) in [6.07, 6.45) is 0.496. The molecule has 0 aliphatic carbocycles. The van der Waals surface area contributed by atoms with Crippen molar-refractivity contribution in [2.45, 2.75) is 23.9 Å². The highest BCUT2D eigenvalue weighted by molar-refractivity contribution is 7.98. The summed E-state index contributed by atoms with van der Waals surface area (Å²) in [5, 5.41) is 10.3. The molecule has 0 fully saturated rings. The Morgan fingerprint density at radius 2 is 1.81 bits per heavy atom. The van der Waals surface area contributed by atoms with E-state index in [4.69, 9.17) is 9.52 Å². The number of aliphatic hydroxyl groups is 1. The predicted octanol–water partition coefficient (Wildman–Crippen LogP) is 3.21. The van der Waals surface area contributed by atoms with E-state index in [0.29, 0.717) is 40.7 Å². The molecule has 4 rings (SSSR count). The van der Waals surface area contributed by atoms with E-state index in [9.17, 15) is 4.79 Å². The van der Waals surface area contributed by atoms with Crippen LogP contribution in [0.1, 0.15) is 12.3 Å². The van der Waals surface area contributed by atoms with E-state index in [0.717, 1.165) is 11.1 Å². The van der Waals surface area contributed by atoms with Gasteiger partial charge in [0.15, 0.2) is 10.7 Å². The minimum Gasteiger partial charge on any atom is -0.440 e. The summed E-state index contributed by atoms with van der Waals surface area (Å²) in [7, 11) is 0. The molecule has 0 aliphatic heterocycles. The van der Waals surface area contributed by atoms with Crippen molar-refractivity contribution in [3.8, 4) is 0 Å². The van der Waals surface area contributed by atoms with Crippen LogP contribution in [0.15, 0.2) is 62.9 Å². The van der Waals surface area contributed by atoms with Crippen molar-refractivity contribution in [3.63, 3.8) is 0 Å². The summed E-state index contributed by atoms with van der Waals surface area (Å²) in [5.74, 6) is 1.06. The molecule has 0 amide bonds. The summed E-state index contributed by atoms with van der Waals surface area (Å²) in [5.41, 5.74) is 2.13. The number of para-hydroxylation sites is 3. The van der Waals surface area contributed by atoms with Gasteiger partial charge in [0, 0.05) is 13.2 Å². The van der Waals surface area contributed by atoms with Gasteiger partial charge in [-0.1, -0.05) is 36.0 Å². The van der Waals surface area contributed by atoms with Crippen molar-refractivity contribution in [3.05, 3.63) is 64.8 Å². The topological polar surface area (TPSA) is 81.2 Å². The quantitative estimate of drug-likeness (QED) is 0.416. The van der Waals surface area contributed by atoms with E-state index >= 15 is 0 Å². The predicted molar refractivity (Wildman–Crippen MR) is 101 cm³/mol. The molecule has 4 aromatic rings. The number of aliphatic hydroxyl groups excluding tert-OH is 1. The van der Waals surface area contributed by atoms with E-state index < -0.39 is 0 Å². The molecule has 0 saturated carbocycles. The van der Waals surface area contributed by atoms with Gasteiger partial charge in [-0.3, -0.25) is 9.36 Å². The molecule has 2 aromatic heterocycles. The lowest BCUT2D eigenvalue weighted by molar-refractivity contribution is 0.276. The van der Waals surface area contributed by atoms with Gasteiger partial charge in [0.25, 0.3) is 5.56 Å². The average molecular weight is 367 g/mol. The maximum atomic E-state index is 12.8. The zero-order valence-corrected chi connectivity index (χ0v) is 14.8. The molecule has 0 bridgehead atoms. The van der Waals surface area contributed by atoms with Gasteiger partial charge in [0.05, 0.1) is 16.7 Å². The average Bonchev–Trinajstić information content (AvgIpc) is 3.09. The van der Waals surface area contributed by atoms with Crippen molar-refractivity contribution >= 4 is 33.8 Å². The van der Waals surface area contributed by atoms with Crippen LogP contribution in [0.5, 0.6) is 0 Å². The van der Waals surface area contributed by atoms with Gasteiger partial charge >= 0.3 is 0 Å². The lowest BCUT2D eigenvalue weighted by Crippen LogP contribution is -2.24. The third-order valence-electron chi connectivity index (χ3n) is 4.03. The summed E-state index contributed by atoms with van der Waals surface area (Å²) >= 11 is 1.41. The first-order chi connectivity index (χ1) is 12.8. The van der Waals surface area contributed by atoms with E-state index in [1.54, 1.807) is 10.6 Å². The largest absolute Gasteiger partial charge is 0.440 e. The molecule has 0 unspecified atom stereocenters. The highest BCUT2D eigenvalue weighted by Crippen LogP contribution is 2.24. The van der Waals surface area contributed by atoms with Crippen LogP contribution >= 0.6 is 11.8 Å². The molecule has 1 N–H and O–H groups in total. The van der Waals surface area contributed by atoms with Gasteiger partial charge in [0.2, 0.25) is 5.89 Å². The number of benzene rings is 2. The Morgan fingerprint density at radius 3 is 2.62 bits per heavy atom. The van der Waals surface area contributed by atoms with Crippen LogP contribution in [0.25, 0.3) is 22.0 Å². The Balaban J connectivity index is 1.68. The molecular formula is C19H17N3O3S. The zero-order valence-electron chi connectivity index (χ0n) is 14.0. The number of oxazole rings is 1. The molecular weight excluding hydrogens is 350 g/mol. The summed E-state index contributed by atoms with van der Waals surface area (Å²) < 4.78 is 7.36. The van der Waals surface area contributed by atoms with Crippen LogP contribution in [-0.4, -0.2) is 26.2 Å². The second-order valence-electron chi connectivity index (χ2n) is 5.81. The molecule has 2 aromatic carbocycles. The lowest BCUT2D eigenvalue weighted by atomic mass is 10.2. The van der Waals surface area contributed by atoms with Crippen LogP contribution in [0.3, 0.4) is 0 Å². The third kappa shape index (κ3) is 3.23. The van der Waals surface area contributed by atoms with Crippen molar-refractivity contribution in [1.82, 2.24) is 14.5 Å². The molecule has 0 radical (unpaired) electrons. The van der Waals surface area contributed by atoms with Crippen LogP contribution in [0, 0.1) is 0 Å². The van der Waals surface area contributed by atoms with E-state index in [2.05, 4.69) is 9.97 Å². The number of hydrogen-bond acceptors (Lipinski definition) is 6. The molecule has 0 atom stereocenters. The van der Waals surface area contributed by atoms with E-state index in [-0.39, 0.29) is 12.2 Å². The zero-order chi connectivity index (χ0) is 17.9. The van der Waals surface area contributed by atoms with Crippen molar-refractivity contribution < 1.29 is 9.52 Å². The fourth-order valence-corrected chi connectivity index (χ4v) is 3.66. The fourth-order valence-electron chi connectivity index (χ4n) is 2.79. The maximum Gasteiger partial charge on any atom is 0.262 e. The van der Waals surface area contributed by atoms with Gasteiger partial charge in [-0.25, -0.2) is 9.97 Å². The molecule has 7 heteroatoms. The Labute approximate surface area is 153 Å². The van der Waals surface area contributed by atoms with E-state index in [1.807, 2.05) is 42.5 Å². The Kier molecular flexibility index (Phi) is 4.73. The lowest BCUT2D eigenvalue weighted by Gasteiger charge is -2.11. The first kappa shape index (κ1) is 16.8. The number of nitrogens with zero attached hydrogens (tertiary/aromatic N) is 3. The number of aromatic nitrogens is 3. The Bertz CT molecular complexity index is 1090.